The van der Waals surface area contributed by atoms with Crippen LogP contribution in [0.2, 0.25) is 0 Å². The second-order valence-electron chi connectivity index (χ2n) is 10.8. The van der Waals surface area contributed by atoms with Gasteiger partial charge in [-0.15, -0.1) is 6.58 Å². The second-order valence-corrected chi connectivity index (χ2v) is 10.8. The predicted molar refractivity (Wildman–Crippen MR) is 146 cm³/mol. The van der Waals surface area contributed by atoms with Crippen LogP contribution in [0.15, 0.2) is 94.1 Å². The van der Waals surface area contributed by atoms with Gasteiger partial charge in [0, 0.05) is 17.4 Å². The number of nitrogens with zero attached hydrogens (tertiary/aromatic N) is 3. The summed E-state index contributed by atoms with van der Waals surface area (Å²) in [5.74, 6) is -1.70. The first-order valence-electron chi connectivity index (χ1n) is 13.1. The van der Waals surface area contributed by atoms with Crippen molar-refractivity contribution in [2.45, 2.75) is 45.2 Å². The first-order valence-corrected chi connectivity index (χ1v) is 13.1. The number of benzene rings is 2. The topological polar surface area (TPSA) is 103 Å². The number of ketones is 2. The van der Waals surface area contributed by atoms with Gasteiger partial charge in [0.15, 0.2) is 11.6 Å². The predicted octanol–water partition coefficient (Wildman–Crippen LogP) is 3.62. The summed E-state index contributed by atoms with van der Waals surface area (Å²) in [4.78, 5) is 54.7. The molecule has 39 heavy (non-hydrogen) atoms. The number of Topliss-reactive ketones (excluding diaryl/α,β-unsaturated/α-hetero) is 1. The molecule has 1 aromatic heterocycles. The van der Waals surface area contributed by atoms with Crippen LogP contribution < -0.4 is 11.4 Å². The molecule has 4 atom stereocenters. The van der Waals surface area contributed by atoms with Gasteiger partial charge in [0.2, 0.25) is 0 Å². The number of carbonyl (C=O) groups is 2. The molecule has 2 aliphatic carbocycles. The Morgan fingerprint density at radius 3 is 2.51 bits per heavy atom. The van der Waals surface area contributed by atoms with E-state index in [1.165, 1.54) is 15.4 Å². The number of fused-ring (bicyclic) bond motifs is 4. The van der Waals surface area contributed by atoms with Gasteiger partial charge in [-0.1, -0.05) is 55.5 Å². The van der Waals surface area contributed by atoms with E-state index in [2.05, 4.69) is 6.58 Å². The van der Waals surface area contributed by atoms with Gasteiger partial charge in [-0.05, 0) is 54.7 Å². The van der Waals surface area contributed by atoms with Crippen molar-refractivity contribution in [2.75, 3.05) is 0 Å². The smallest absolute Gasteiger partial charge is 0.352 e. The zero-order chi connectivity index (χ0) is 27.6. The highest BCUT2D eigenvalue weighted by molar-refractivity contribution is 6.13. The van der Waals surface area contributed by atoms with Crippen molar-refractivity contribution >= 4 is 11.6 Å². The first kappa shape index (κ1) is 24.9. The molecule has 0 unspecified atom stereocenters. The average molecular weight is 524 g/mol. The molecule has 1 aliphatic heterocycles. The van der Waals surface area contributed by atoms with Gasteiger partial charge in [-0.3, -0.25) is 9.59 Å². The number of hydrogen-bond donors (Lipinski definition) is 1. The quantitative estimate of drug-likeness (QED) is 0.526. The number of phenols is 1. The van der Waals surface area contributed by atoms with Crippen LogP contribution >= 0.6 is 0 Å². The molecule has 198 valence electrons. The number of aromatic nitrogens is 3. The van der Waals surface area contributed by atoms with Gasteiger partial charge in [0.1, 0.15) is 5.75 Å². The van der Waals surface area contributed by atoms with E-state index in [9.17, 15) is 24.3 Å². The van der Waals surface area contributed by atoms with Crippen molar-refractivity contribution in [3.63, 3.8) is 0 Å². The fourth-order valence-corrected chi connectivity index (χ4v) is 6.85. The van der Waals surface area contributed by atoms with E-state index in [4.69, 9.17) is 0 Å². The summed E-state index contributed by atoms with van der Waals surface area (Å²) in [5.41, 5.74) is 0.627. The zero-order valence-corrected chi connectivity index (χ0v) is 21.8. The van der Waals surface area contributed by atoms with Crippen LogP contribution in [0.25, 0.3) is 5.69 Å². The highest BCUT2D eigenvalue weighted by Gasteiger charge is 2.59. The molecular weight excluding hydrogens is 494 g/mol. The molecule has 8 heteroatoms. The van der Waals surface area contributed by atoms with Gasteiger partial charge >= 0.3 is 11.4 Å². The Labute approximate surface area is 224 Å². The van der Waals surface area contributed by atoms with Crippen LogP contribution in [-0.2, 0) is 22.6 Å². The molecule has 0 bridgehead atoms. The minimum Gasteiger partial charge on any atom is -0.507 e. The van der Waals surface area contributed by atoms with Crippen molar-refractivity contribution in [3.05, 3.63) is 117 Å². The van der Waals surface area contributed by atoms with Gasteiger partial charge < -0.3 is 5.11 Å². The number of allylic oxidation sites excluding steroid dienone is 5. The third-order valence-electron chi connectivity index (χ3n) is 8.78. The Balaban J connectivity index is 1.61. The molecule has 0 radical (unpaired) electrons. The number of hydrogen-bond acceptors (Lipinski definition) is 5. The van der Waals surface area contributed by atoms with Crippen LogP contribution in [0.4, 0.5) is 0 Å². The summed E-state index contributed by atoms with van der Waals surface area (Å²) < 4.78 is 3.98. The lowest BCUT2D eigenvalue weighted by Crippen LogP contribution is -2.54. The molecule has 3 aliphatic rings. The van der Waals surface area contributed by atoms with Crippen molar-refractivity contribution in [2.24, 2.45) is 11.3 Å². The molecule has 0 amide bonds. The van der Waals surface area contributed by atoms with Gasteiger partial charge in [0.25, 0.3) is 0 Å². The maximum absolute atomic E-state index is 13.8. The van der Waals surface area contributed by atoms with E-state index in [0.29, 0.717) is 28.8 Å². The molecule has 1 saturated carbocycles. The van der Waals surface area contributed by atoms with E-state index in [0.717, 1.165) is 10.1 Å². The van der Waals surface area contributed by atoms with Crippen molar-refractivity contribution < 1.29 is 14.7 Å². The standard InChI is InChI=1S/C31H29N3O5/c1-4-9-19-10-8-13-22(28(19)37)26-21-14-15-32-29(38)33(20-11-6-5-7-12-20)30(39)34(32)24(21)17-23-27(36)18(2)16-25(35)31(23,26)3/h4-8,10-14,16,23-24,26,37H,1,9,15,17H2,2-3H3/t23-,24+,26+,31-/m0/s1. The Morgan fingerprint density at radius 2 is 1.79 bits per heavy atom. The molecular formula is C31H29N3O5. The Morgan fingerprint density at radius 1 is 1.05 bits per heavy atom. The number of aromatic hydroxyl groups is 1. The lowest BCUT2D eigenvalue weighted by atomic mass is 9.51. The maximum atomic E-state index is 13.8. The molecule has 1 fully saturated rings. The fraction of sp³-hybridized carbons (Fsp3) is 0.290. The highest BCUT2D eigenvalue weighted by atomic mass is 16.3. The average Bonchev–Trinajstić information content (AvgIpc) is 3.18. The van der Waals surface area contributed by atoms with Gasteiger partial charge in [-0.25, -0.2) is 23.5 Å². The van der Waals surface area contributed by atoms with Gasteiger partial charge in [0.05, 0.1) is 23.7 Å². The van der Waals surface area contributed by atoms with Crippen molar-refractivity contribution in [3.8, 4) is 11.4 Å². The largest absolute Gasteiger partial charge is 0.507 e. The molecule has 2 heterocycles. The summed E-state index contributed by atoms with van der Waals surface area (Å²) in [7, 11) is 0. The molecule has 1 N–H and O–H groups in total. The number of phenolic OH excluding ortho intramolecular Hbond substituents is 1. The van der Waals surface area contributed by atoms with E-state index < -0.39 is 34.7 Å². The minimum absolute atomic E-state index is 0.0487. The van der Waals surface area contributed by atoms with Crippen molar-refractivity contribution in [1.82, 2.24) is 13.9 Å². The molecule has 0 saturated heterocycles. The Hall–Kier alpha value is -4.46. The Kier molecular flexibility index (Phi) is 5.61. The molecule has 2 aromatic carbocycles. The normalized spacial score (nSPS) is 25.7. The fourth-order valence-electron chi connectivity index (χ4n) is 6.85. The minimum atomic E-state index is -1.17. The summed E-state index contributed by atoms with van der Waals surface area (Å²) in [6.07, 6.45) is 5.61. The lowest BCUT2D eigenvalue weighted by molar-refractivity contribution is -0.139. The van der Waals surface area contributed by atoms with Crippen LogP contribution in [0, 0.1) is 11.3 Å². The molecule has 8 nitrogen and oxygen atoms in total. The van der Waals surface area contributed by atoms with Crippen LogP contribution in [0.1, 0.15) is 43.4 Å². The third-order valence-corrected chi connectivity index (χ3v) is 8.78. The zero-order valence-electron chi connectivity index (χ0n) is 21.8. The monoisotopic (exact) mass is 523 g/mol. The lowest BCUT2D eigenvalue weighted by Gasteiger charge is -2.52. The van der Waals surface area contributed by atoms with Crippen LogP contribution in [0.5, 0.6) is 5.75 Å². The summed E-state index contributed by atoms with van der Waals surface area (Å²) in [5, 5.41) is 11.4. The third kappa shape index (κ3) is 3.37. The number of para-hydroxylation sites is 2. The molecule has 6 rings (SSSR count). The summed E-state index contributed by atoms with van der Waals surface area (Å²) in [6.45, 7) is 7.34. The van der Waals surface area contributed by atoms with E-state index in [-0.39, 0.29) is 30.3 Å². The van der Waals surface area contributed by atoms with Crippen LogP contribution in [0.3, 0.4) is 0 Å². The number of rotatable bonds is 4. The summed E-state index contributed by atoms with van der Waals surface area (Å²) >= 11 is 0. The van der Waals surface area contributed by atoms with E-state index >= 15 is 0 Å². The molecule has 3 aromatic rings. The van der Waals surface area contributed by atoms with E-state index in [1.54, 1.807) is 56.3 Å². The molecule has 0 spiro atoms. The Bertz CT molecular complexity index is 1740. The highest BCUT2D eigenvalue weighted by Crippen LogP contribution is 2.60. The van der Waals surface area contributed by atoms with Crippen LogP contribution in [-0.4, -0.2) is 30.6 Å². The summed E-state index contributed by atoms with van der Waals surface area (Å²) in [6, 6.07) is 13.5. The SMILES string of the molecule is C=CCc1cccc([C@H]2C3=CCn4c(=O)n(-c5ccccc5)c(=O)n4[C@@H]3C[C@H]3C(=O)C(C)=CC(=O)[C@@]23C)c1O. The first-order chi connectivity index (χ1) is 18.7. The maximum Gasteiger partial charge on any atom is 0.352 e. The van der Waals surface area contributed by atoms with Crippen molar-refractivity contribution in [1.29, 1.82) is 0 Å². The van der Waals surface area contributed by atoms with Gasteiger partial charge in [-0.2, -0.15) is 0 Å². The van der Waals surface area contributed by atoms with E-state index in [1.807, 2.05) is 18.2 Å². The number of carbonyl (C=O) groups excluding carboxylic acids is 2. The second kappa shape index (κ2) is 8.80.